The van der Waals surface area contributed by atoms with E-state index >= 15 is 0 Å². The maximum Gasteiger partial charge on any atom is 0.192 e. The molecule has 0 aliphatic heterocycles. The van der Waals surface area contributed by atoms with Gasteiger partial charge in [0.25, 0.3) is 0 Å². The molecule has 1 N–H and O–H groups in total. The highest BCUT2D eigenvalue weighted by Gasteiger charge is 2.37. The van der Waals surface area contributed by atoms with Crippen LogP contribution in [0.2, 0.25) is 18.1 Å². The van der Waals surface area contributed by atoms with Gasteiger partial charge >= 0.3 is 0 Å². The summed E-state index contributed by atoms with van der Waals surface area (Å²) in [4.78, 5) is 4.38. The second-order valence-corrected chi connectivity index (χ2v) is 13.0. The normalized spacial score (nSPS) is 12.4. The van der Waals surface area contributed by atoms with Crippen molar-refractivity contribution in [1.29, 1.82) is 0 Å². The predicted octanol–water partition coefficient (Wildman–Crippen LogP) is 4.94. The van der Waals surface area contributed by atoms with Crippen LogP contribution in [-0.2, 0) is 24.0 Å². The average molecular weight is 357 g/mol. The average Bonchev–Trinajstić information content (AvgIpc) is 2.57. The van der Waals surface area contributed by atoms with Crippen LogP contribution in [0.1, 0.15) is 37.5 Å². The van der Waals surface area contributed by atoms with Gasteiger partial charge in [0.2, 0.25) is 0 Å². The Bertz CT molecular complexity index is 650. The molecule has 3 nitrogen and oxygen atoms in total. The molecule has 0 saturated heterocycles. The molecule has 0 atom stereocenters. The molecule has 0 aliphatic carbocycles. The molecule has 0 aliphatic rings. The van der Waals surface area contributed by atoms with Crippen molar-refractivity contribution < 1.29 is 4.43 Å². The molecule has 0 radical (unpaired) electrons. The Hall–Kier alpha value is -1.49. The van der Waals surface area contributed by atoms with Gasteiger partial charge in [-0.2, -0.15) is 0 Å². The van der Waals surface area contributed by atoms with Crippen molar-refractivity contribution in [2.75, 3.05) is 6.54 Å². The summed E-state index contributed by atoms with van der Waals surface area (Å²) < 4.78 is 6.30. The van der Waals surface area contributed by atoms with Crippen molar-refractivity contribution in [3.8, 4) is 0 Å². The summed E-state index contributed by atoms with van der Waals surface area (Å²) in [5.74, 6) is 0. The summed E-state index contributed by atoms with van der Waals surface area (Å²) in [6.45, 7) is 13.8. The zero-order valence-electron chi connectivity index (χ0n) is 16.3. The fraction of sp³-hybridized carbons (Fsp3) is 0.476. The van der Waals surface area contributed by atoms with Gasteiger partial charge in [-0.1, -0.05) is 51.1 Å². The SMILES string of the molecule is CC(C)(C)[Si](C)(C)OCc1cncc(CNCCc2ccccc2)c1. The van der Waals surface area contributed by atoms with Crippen LogP contribution < -0.4 is 5.32 Å². The van der Waals surface area contributed by atoms with Crippen LogP contribution in [0.4, 0.5) is 0 Å². The molecular weight excluding hydrogens is 324 g/mol. The third kappa shape index (κ3) is 6.38. The van der Waals surface area contributed by atoms with E-state index in [4.69, 9.17) is 4.43 Å². The summed E-state index contributed by atoms with van der Waals surface area (Å²) in [6.07, 6.45) is 4.90. The minimum absolute atomic E-state index is 0.233. The number of aromatic nitrogens is 1. The van der Waals surface area contributed by atoms with E-state index in [-0.39, 0.29) is 5.04 Å². The molecule has 2 rings (SSSR count). The lowest BCUT2D eigenvalue weighted by molar-refractivity contribution is 0.276. The van der Waals surface area contributed by atoms with Gasteiger partial charge in [-0.15, -0.1) is 0 Å². The first kappa shape index (κ1) is 19.8. The van der Waals surface area contributed by atoms with E-state index in [1.165, 1.54) is 11.1 Å². The van der Waals surface area contributed by atoms with Gasteiger partial charge in [0.05, 0.1) is 6.61 Å². The molecule has 136 valence electrons. The Kier molecular flexibility index (Phi) is 6.93. The van der Waals surface area contributed by atoms with E-state index in [1.807, 2.05) is 12.4 Å². The first-order chi connectivity index (χ1) is 11.8. The topological polar surface area (TPSA) is 34.1 Å². The number of benzene rings is 1. The van der Waals surface area contributed by atoms with Gasteiger partial charge in [-0.25, -0.2) is 0 Å². The van der Waals surface area contributed by atoms with Crippen LogP contribution in [0.5, 0.6) is 0 Å². The highest BCUT2D eigenvalue weighted by Crippen LogP contribution is 2.37. The summed E-state index contributed by atoms with van der Waals surface area (Å²) >= 11 is 0. The predicted molar refractivity (Wildman–Crippen MR) is 108 cm³/mol. The minimum atomic E-state index is -1.72. The Morgan fingerprint density at radius 2 is 1.68 bits per heavy atom. The summed E-state index contributed by atoms with van der Waals surface area (Å²) in [7, 11) is -1.72. The third-order valence-electron chi connectivity index (χ3n) is 5.02. The molecule has 1 heterocycles. The first-order valence-electron chi connectivity index (χ1n) is 9.09. The highest BCUT2D eigenvalue weighted by molar-refractivity contribution is 6.74. The van der Waals surface area contributed by atoms with Crippen LogP contribution in [0.15, 0.2) is 48.8 Å². The molecule has 0 spiro atoms. The lowest BCUT2D eigenvalue weighted by Crippen LogP contribution is -2.40. The molecule has 0 fully saturated rings. The molecule has 0 amide bonds. The van der Waals surface area contributed by atoms with Crippen LogP contribution in [0.25, 0.3) is 0 Å². The molecule has 1 aromatic carbocycles. The van der Waals surface area contributed by atoms with E-state index in [0.29, 0.717) is 6.61 Å². The smallest absolute Gasteiger partial charge is 0.192 e. The van der Waals surface area contributed by atoms with Gasteiger partial charge in [0.15, 0.2) is 8.32 Å². The van der Waals surface area contributed by atoms with Crippen LogP contribution in [0, 0.1) is 0 Å². The number of hydrogen-bond acceptors (Lipinski definition) is 3. The van der Waals surface area contributed by atoms with Gasteiger partial charge in [0, 0.05) is 18.9 Å². The maximum atomic E-state index is 6.30. The monoisotopic (exact) mass is 356 g/mol. The number of rotatable bonds is 8. The zero-order chi connectivity index (χ0) is 18.3. The van der Waals surface area contributed by atoms with E-state index in [0.717, 1.165) is 25.1 Å². The summed E-state index contributed by atoms with van der Waals surface area (Å²) in [5, 5.41) is 3.74. The van der Waals surface area contributed by atoms with Crippen molar-refractivity contribution in [2.24, 2.45) is 0 Å². The van der Waals surface area contributed by atoms with Gasteiger partial charge in [0.1, 0.15) is 0 Å². The van der Waals surface area contributed by atoms with Crippen molar-refractivity contribution in [2.45, 2.75) is 58.5 Å². The van der Waals surface area contributed by atoms with E-state index in [9.17, 15) is 0 Å². The molecular formula is C21H32N2OSi. The van der Waals surface area contributed by atoms with E-state index in [2.05, 4.69) is 80.6 Å². The van der Waals surface area contributed by atoms with Gasteiger partial charge in [-0.05, 0) is 53.9 Å². The van der Waals surface area contributed by atoms with Crippen molar-refractivity contribution >= 4 is 8.32 Å². The Balaban J connectivity index is 1.80. The molecule has 0 bridgehead atoms. The lowest BCUT2D eigenvalue weighted by Gasteiger charge is -2.36. The largest absolute Gasteiger partial charge is 0.413 e. The zero-order valence-corrected chi connectivity index (χ0v) is 17.3. The second-order valence-electron chi connectivity index (χ2n) is 8.16. The highest BCUT2D eigenvalue weighted by atomic mass is 28.4. The Labute approximate surface area is 154 Å². The number of nitrogens with zero attached hydrogens (tertiary/aromatic N) is 1. The fourth-order valence-electron chi connectivity index (χ4n) is 2.31. The molecule has 0 unspecified atom stereocenters. The van der Waals surface area contributed by atoms with Crippen LogP contribution >= 0.6 is 0 Å². The summed E-state index contributed by atoms with van der Waals surface area (Å²) in [5.41, 5.74) is 3.74. The van der Waals surface area contributed by atoms with Crippen LogP contribution in [-0.4, -0.2) is 19.8 Å². The third-order valence-corrected chi connectivity index (χ3v) is 9.50. The first-order valence-corrected chi connectivity index (χ1v) is 12.0. The number of hydrogen-bond donors (Lipinski definition) is 1. The Morgan fingerprint density at radius 1 is 1.00 bits per heavy atom. The summed E-state index contributed by atoms with van der Waals surface area (Å²) in [6, 6.07) is 12.8. The molecule has 25 heavy (non-hydrogen) atoms. The minimum Gasteiger partial charge on any atom is -0.413 e. The van der Waals surface area contributed by atoms with E-state index in [1.54, 1.807) is 0 Å². The number of nitrogens with one attached hydrogen (secondary N) is 1. The lowest BCUT2D eigenvalue weighted by atomic mass is 10.1. The molecule has 2 aromatic rings. The van der Waals surface area contributed by atoms with Gasteiger partial charge in [-0.3, -0.25) is 4.98 Å². The van der Waals surface area contributed by atoms with E-state index < -0.39 is 8.32 Å². The van der Waals surface area contributed by atoms with Gasteiger partial charge < -0.3 is 9.74 Å². The van der Waals surface area contributed by atoms with Crippen molar-refractivity contribution in [1.82, 2.24) is 10.3 Å². The molecule has 0 saturated carbocycles. The quantitative estimate of drug-likeness (QED) is 0.537. The number of pyridine rings is 1. The van der Waals surface area contributed by atoms with Crippen LogP contribution in [0.3, 0.4) is 0 Å². The van der Waals surface area contributed by atoms with Crippen molar-refractivity contribution in [3.05, 3.63) is 65.5 Å². The van der Waals surface area contributed by atoms with Crippen molar-refractivity contribution in [3.63, 3.8) is 0 Å². The Morgan fingerprint density at radius 3 is 2.36 bits per heavy atom. The molecule has 4 heteroatoms. The molecule has 1 aromatic heterocycles. The fourth-order valence-corrected chi connectivity index (χ4v) is 3.27. The standard InChI is InChI=1S/C21H32N2OSi/c1-21(2,3)25(4,5)24-17-20-13-19(15-23-16-20)14-22-12-11-18-9-7-6-8-10-18/h6-10,13,15-16,22H,11-12,14,17H2,1-5H3. The second kappa shape index (κ2) is 8.74. The maximum absolute atomic E-state index is 6.30.